The molecule has 1 rings (SSSR count). The van der Waals surface area contributed by atoms with Crippen LogP contribution in [-0.4, -0.2) is 34.7 Å². The average molecular weight is 285 g/mol. The average Bonchev–Trinajstić information content (AvgIpc) is 2.61. The number of amides is 1. The number of thiophene rings is 1. The highest BCUT2D eigenvalue weighted by molar-refractivity contribution is 7.12. The number of aryl methyl sites for hydroxylation is 1. The normalized spacial score (nSPS) is 12.9. The zero-order valence-corrected chi connectivity index (χ0v) is 12.6. The van der Waals surface area contributed by atoms with Crippen molar-refractivity contribution in [2.45, 2.75) is 39.3 Å². The fraction of sp³-hybridized carbons (Fsp3) is 0.538. The van der Waals surface area contributed by atoms with Gasteiger partial charge in [0, 0.05) is 16.8 Å². The highest BCUT2D eigenvalue weighted by Crippen LogP contribution is 2.28. The second kappa shape index (κ2) is 5.61. The molecule has 0 saturated heterocycles. The fourth-order valence-corrected chi connectivity index (χ4v) is 2.53. The second-order valence-corrected chi connectivity index (χ2v) is 6.60. The zero-order valence-electron chi connectivity index (χ0n) is 11.8. The van der Waals surface area contributed by atoms with Crippen LogP contribution in [0.4, 0.5) is 4.79 Å². The lowest BCUT2D eigenvalue weighted by molar-refractivity contribution is -0.142. The van der Waals surface area contributed by atoms with Crippen molar-refractivity contribution in [1.82, 2.24) is 4.90 Å². The lowest BCUT2D eigenvalue weighted by atomic mass is 10.2. The molecule has 1 N–H and O–H groups in total. The molecule has 1 aromatic heterocycles. The molecule has 0 spiro atoms. The Bertz CT molecular complexity index is 475. The smallest absolute Gasteiger partial charge is 0.411 e. The van der Waals surface area contributed by atoms with Gasteiger partial charge in [-0.3, -0.25) is 4.90 Å². The first-order valence-electron chi connectivity index (χ1n) is 5.87. The molecule has 0 radical (unpaired) electrons. The third-order valence-corrected chi connectivity index (χ3v) is 3.39. The Hall–Kier alpha value is -1.56. The van der Waals surface area contributed by atoms with Crippen LogP contribution in [0.2, 0.25) is 0 Å². The molecule has 5 nitrogen and oxygen atoms in total. The van der Waals surface area contributed by atoms with Crippen molar-refractivity contribution in [3.8, 4) is 0 Å². The molecule has 0 fully saturated rings. The Morgan fingerprint density at radius 1 is 1.37 bits per heavy atom. The van der Waals surface area contributed by atoms with Crippen LogP contribution in [0.5, 0.6) is 0 Å². The summed E-state index contributed by atoms with van der Waals surface area (Å²) in [5, 5.41) is 9.31. The molecule has 0 bridgehead atoms. The largest absolute Gasteiger partial charge is 0.479 e. The monoisotopic (exact) mass is 285 g/mol. The van der Waals surface area contributed by atoms with E-state index in [1.807, 2.05) is 13.0 Å². The summed E-state index contributed by atoms with van der Waals surface area (Å²) in [4.78, 5) is 26.0. The summed E-state index contributed by atoms with van der Waals surface area (Å²) >= 11 is 1.36. The summed E-state index contributed by atoms with van der Waals surface area (Å²) in [7, 11) is 1.43. The summed E-state index contributed by atoms with van der Waals surface area (Å²) in [5.41, 5.74) is -0.653. The van der Waals surface area contributed by atoms with Gasteiger partial charge in [0.25, 0.3) is 0 Å². The van der Waals surface area contributed by atoms with E-state index in [9.17, 15) is 14.7 Å². The van der Waals surface area contributed by atoms with E-state index < -0.39 is 23.7 Å². The van der Waals surface area contributed by atoms with Crippen molar-refractivity contribution in [1.29, 1.82) is 0 Å². The predicted molar refractivity (Wildman–Crippen MR) is 73.4 cm³/mol. The van der Waals surface area contributed by atoms with Crippen LogP contribution in [0.1, 0.15) is 36.6 Å². The highest BCUT2D eigenvalue weighted by Gasteiger charge is 2.32. The number of hydrogen-bond acceptors (Lipinski definition) is 4. The van der Waals surface area contributed by atoms with Gasteiger partial charge < -0.3 is 9.84 Å². The Kier molecular flexibility index (Phi) is 4.57. The van der Waals surface area contributed by atoms with Gasteiger partial charge >= 0.3 is 12.1 Å². The molecule has 6 heteroatoms. The maximum Gasteiger partial charge on any atom is 0.411 e. The number of carbonyl (C=O) groups excluding carboxylic acids is 1. The molecule has 1 unspecified atom stereocenters. The van der Waals surface area contributed by atoms with E-state index >= 15 is 0 Å². The van der Waals surface area contributed by atoms with Crippen molar-refractivity contribution in [2.75, 3.05) is 7.05 Å². The summed E-state index contributed by atoms with van der Waals surface area (Å²) in [6.45, 7) is 7.11. The van der Waals surface area contributed by atoms with Gasteiger partial charge in [0.05, 0.1) is 0 Å². The first-order valence-corrected chi connectivity index (χ1v) is 6.68. The van der Waals surface area contributed by atoms with Crippen LogP contribution in [0.3, 0.4) is 0 Å². The summed E-state index contributed by atoms with van der Waals surface area (Å²) < 4.78 is 5.19. The first kappa shape index (κ1) is 15.5. The van der Waals surface area contributed by atoms with E-state index in [0.29, 0.717) is 4.88 Å². The van der Waals surface area contributed by atoms with Gasteiger partial charge in [-0.25, -0.2) is 9.59 Å². The first-order chi connectivity index (χ1) is 8.61. The number of carboxylic acids is 1. The second-order valence-electron chi connectivity index (χ2n) is 5.28. The van der Waals surface area contributed by atoms with Gasteiger partial charge in [-0.2, -0.15) is 0 Å². The minimum absolute atomic E-state index is 0.610. The van der Waals surface area contributed by atoms with Crippen molar-refractivity contribution in [2.24, 2.45) is 0 Å². The maximum absolute atomic E-state index is 11.9. The van der Waals surface area contributed by atoms with E-state index in [-0.39, 0.29) is 0 Å². The molecule has 1 heterocycles. The van der Waals surface area contributed by atoms with E-state index in [2.05, 4.69) is 0 Å². The number of rotatable bonds is 3. The van der Waals surface area contributed by atoms with Crippen LogP contribution >= 0.6 is 11.3 Å². The molecule has 0 aliphatic carbocycles. The van der Waals surface area contributed by atoms with E-state index in [4.69, 9.17) is 4.74 Å². The number of nitrogens with zero attached hydrogens (tertiary/aromatic N) is 1. The van der Waals surface area contributed by atoms with Gasteiger partial charge in [0.2, 0.25) is 0 Å². The molecule has 0 aromatic carbocycles. The number of hydrogen-bond donors (Lipinski definition) is 1. The third-order valence-electron chi connectivity index (χ3n) is 2.33. The molecule has 1 atom stereocenters. The van der Waals surface area contributed by atoms with E-state index in [0.717, 1.165) is 9.78 Å². The van der Waals surface area contributed by atoms with Gasteiger partial charge in [-0.1, -0.05) is 0 Å². The van der Waals surface area contributed by atoms with E-state index in [1.165, 1.54) is 18.4 Å². The highest BCUT2D eigenvalue weighted by atomic mass is 32.1. The van der Waals surface area contributed by atoms with Crippen LogP contribution in [0, 0.1) is 6.92 Å². The van der Waals surface area contributed by atoms with Gasteiger partial charge in [-0.05, 0) is 39.8 Å². The van der Waals surface area contributed by atoms with Gasteiger partial charge in [0.15, 0.2) is 6.04 Å². The van der Waals surface area contributed by atoms with Crippen LogP contribution in [0.15, 0.2) is 12.1 Å². The van der Waals surface area contributed by atoms with Gasteiger partial charge in [0.1, 0.15) is 5.60 Å². The lowest BCUT2D eigenvalue weighted by Gasteiger charge is -2.28. The molecular weight excluding hydrogens is 266 g/mol. The number of carboxylic acid groups (broad SMARTS) is 1. The van der Waals surface area contributed by atoms with Crippen molar-refractivity contribution >= 4 is 23.4 Å². The number of carbonyl (C=O) groups is 2. The molecular formula is C13H19NO4S. The van der Waals surface area contributed by atoms with Crippen molar-refractivity contribution in [3.05, 3.63) is 21.9 Å². The molecule has 0 aliphatic heterocycles. The molecule has 1 amide bonds. The van der Waals surface area contributed by atoms with Crippen molar-refractivity contribution in [3.63, 3.8) is 0 Å². The molecule has 19 heavy (non-hydrogen) atoms. The summed E-state index contributed by atoms with van der Waals surface area (Å²) in [6.07, 6.45) is -0.647. The number of ether oxygens (including phenoxy) is 1. The Balaban J connectivity index is 2.94. The lowest BCUT2D eigenvalue weighted by Crippen LogP contribution is -2.39. The minimum atomic E-state index is -1.07. The van der Waals surface area contributed by atoms with Gasteiger partial charge in [-0.15, -0.1) is 11.3 Å². The Morgan fingerprint density at radius 2 is 1.95 bits per heavy atom. The summed E-state index contributed by atoms with van der Waals surface area (Å²) in [5.74, 6) is -1.07. The quantitative estimate of drug-likeness (QED) is 0.927. The SMILES string of the molecule is Cc1ccc(C(C(=O)O)N(C)C(=O)OC(C)(C)C)s1. The van der Waals surface area contributed by atoms with Crippen molar-refractivity contribution < 1.29 is 19.4 Å². The fourth-order valence-electron chi connectivity index (χ4n) is 1.52. The number of aliphatic carboxylic acids is 1. The van der Waals surface area contributed by atoms with Crippen LogP contribution < -0.4 is 0 Å². The topological polar surface area (TPSA) is 66.8 Å². The molecule has 0 aliphatic rings. The van der Waals surface area contributed by atoms with E-state index in [1.54, 1.807) is 26.8 Å². The standard InChI is InChI=1S/C13H19NO4S/c1-8-6-7-9(19-8)10(11(15)16)14(5)12(17)18-13(2,3)4/h6-7,10H,1-5H3,(H,15,16). The Labute approximate surface area is 116 Å². The maximum atomic E-state index is 11.9. The zero-order chi connectivity index (χ0) is 14.8. The molecule has 1 aromatic rings. The molecule has 106 valence electrons. The number of likely N-dealkylation sites (N-methyl/N-ethyl adjacent to an activating group) is 1. The van der Waals surface area contributed by atoms with Crippen LogP contribution in [-0.2, 0) is 9.53 Å². The van der Waals surface area contributed by atoms with Crippen LogP contribution in [0.25, 0.3) is 0 Å². The third kappa shape index (κ3) is 4.24. The Morgan fingerprint density at radius 3 is 2.32 bits per heavy atom. The predicted octanol–water partition coefficient (Wildman–Crippen LogP) is 3.05. The minimum Gasteiger partial charge on any atom is -0.479 e. The summed E-state index contributed by atoms with van der Waals surface area (Å²) in [6, 6.07) is 2.53. The molecule has 0 saturated carbocycles.